The maximum Gasteiger partial charge on any atom is 0.259 e. The van der Waals surface area contributed by atoms with Gasteiger partial charge in [-0.25, -0.2) is 27.5 Å². The Labute approximate surface area is 259 Å². The van der Waals surface area contributed by atoms with Crippen molar-refractivity contribution in [3.05, 3.63) is 82.6 Å². The number of aliphatic hydroxyl groups is 1. The Bertz CT molecular complexity index is 1660. The SMILES string of the molecule is N#Cc1ccnc(N2C(=O)C(O)CC2C(=O)N(c2cc(F)cc(F)c2)C(C(=O)NC2CCC(F)(F)CC2)c2ccccc2Cl)n1. The topological polar surface area (TPSA) is 140 Å². The fraction of sp³-hybridized carbons (Fsp3) is 0.333. The van der Waals surface area contributed by atoms with E-state index in [9.17, 15) is 42.3 Å². The van der Waals surface area contributed by atoms with Crippen LogP contribution in [0.1, 0.15) is 49.4 Å². The Morgan fingerprint density at radius 2 is 1.80 bits per heavy atom. The second-order valence-corrected chi connectivity index (χ2v) is 11.1. The number of hydrogen-bond donors (Lipinski definition) is 2. The van der Waals surface area contributed by atoms with E-state index in [0.717, 1.165) is 28.1 Å². The van der Waals surface area contributed by atoms with Crippen LogP contribution in [0.15, 0.2) is 54.7 Å². The summed E-state index contributed by atoms with van der Waals surface area (Å²) < 4.78 is 57.0. The molecule has 0 spiro atoms. The minimum Gasteiger partial charge on any atom is -0.383 e. The first-order valence-electron chi connectivity index (χ1n) is 13.8. The molecule has 15 heteroatoms. The number of carbonyl (C=O) groups excluding carboxylic acids is 3. The van der Waals surface area contributed by atoms with E-state index in [-0.39, 0.29) is 29.1 Å². The van der Waals surface area contributed by atoms with Crippen molar-refractivity contribution < 1.29 is 37.1 Å². The van der Waals surface area contributed by atoms with Crippen LogP contribution in [0.2, 0.25) is 5.02 Å². The van der Waals surface area contributed by atoms with Crippen molar-refractivity contribution in [3.8, 4) is 6.07 Å². The summed E-state index contributed by atoms with van der Waals surface area (Å²) >= 11 is 6.49. The van der Waals surface area contributed by atoms with Gasteiger partial charge in [0.25, 0.3) is 11.8 Å². The monoisotopic (exact) mass is 644 g/mol. The summed E-state index contributed by atoms with van der Waals surface area (Å²) in [6.45, 7) is 0. The molecule has 45 heavy (non-hydrogen) atoms. The number of rotatable bonds is 7. The summed E-state index contributed by atoms with van der Waals surface area (Å²) in [4.78, 5) is 51.1. The number of nitriles is 1. The second kappa shape index (κ2) is 12.8. The van der Waals surface area contributed by atoms with Crippen molar-refractivity contribution in [3.63, 3.8) is 0 Å². The van der Waals surface area contributed by atoms with Gasteiger partial charge in [-0.15, -0.1) is 0 Å². The molecule has 5 rings (SSSR count). The molecule has 0 radical (unpaired) electrons. The zero-order chi connectivity index (χ0) is 32.5. The first-order chi connectivity index (χ1) is 21.4. The molecule has 2 aromatic carbocycles. The fourth-order valence-corrected chi connectivity index (χ4v) is 5.75. The summed E-state index contributed by atoms with van der Waals surface area (Å²) in [6.07, 6.45) is -2.19. The first-order valence-corrected chi connectivity index (χ1v) is 14.2. The van der Waals surface area contributed by atoms with E-state index in [1.54, 1.807) is 12.1 Å². The van der Waals surface area contributed by atoms with Crippen LogP contribution >= 0.6 is 11.6 Å². The molecular formula is C30H25ClF4N6O4. The molecule has 0 bridgehead atoms. The highest BCUT2D eigenvalue weighted by atomic mass is 35.5. The maximum absolute atomic E-state index is 14.6. The summed E-state index contributed by atoms with van der Waals surface area (Å²) in [7, 11) is 0. The van der Waals surface area contributed by atoms with Gasteiger partial charge in [-0.05, 0) is 37.1 Å². The van der Waals surface area contributed by atoms with Crippen LogP contribution in [0.4, 0.5) is 29.2 Å². The van der Waals surface area contributed by atoms with Gasteiger partial charge in [-0.3, -0.25) is 24.2 Å². The molecular weight excluding hydrogens is 620 g/mol. The molecule has 234 valence electrons. The van der Waals surface area contributed by atoms with Gasteiger partial charge in [-0.1, -0.05) is 29.8 Å². The van der Waals surface area contributed by atoms with Crippen molar-refractivity contribution in [2.75, 3.05) is 9.80 Å². The quantitative estimate of drug-likeness (QED) is 0.367. The van der Waals surface area contributed by atoms with E-state index in [1.807, 2.05) is 0 Å². The van der Waals surface area contributed by atoms with Crippen LogP contribution in [-0.4, -0.2) is 56.9 Å². The van der Waals surface area contributed by atoms with E-state index in [4.69, 9.17) is 11.6 Å². The molecule has 3 amide bonds. The predicted molar refractivity (Wildman–Crippen MR) is 152 cm³/mol. The van der Waals surface area contributed by atoms with Gasteiger partial charge in [-0.2, -0.15) is 5.26 Å². The fourth-order valence-electron chi connectivity index (χ4n) is 5.51. The minimum absolute atomic E-state index is 0.00746. The van der Waals surface area contributed by atoms with Gasteiger partial charge in [0.05, 0.1) is 5.69 Å². The lowest BCUT2D eigenvalue weighted by molar-refractivity contribution is -0.128. The smallest absolute Gasteiger partial charge is 0.259 e. The molecule has 3 aromatic rings. The van der Waals surface area contributed by atoms with Crippen LogP contribution in [0.3, 0.4) is 0 Å². The van der Waals surface area contributed by atoms with Crippen molar-refractivity contribution in [2.24, 2.45) is 0 Å². The van der Waals surface area contributed by atoms with Gasteiger partial charge in [0.15, 0.2) is 0 Å². The number of benzene rings is 2. The number of aliphatic hydroxyl groups excluding tert-OH is 1. The normalized spacial score (nSPS) is 20.4. The Morgan fingerprint density at radius 3 is 2.44 bits per heavy atom. The number of alkyl halides is 2. The zero-order valence-electron chi connectivity index (χ0n) is 23.3. The highest BCUT2D eigenvalue weighted by Gasteiger charge is 2.49. The molecule has 2 aliphatic rings. The molecule has 1 saturated carbocycles. The van der Waals surface area contributed by atoms with Gasteiger partial charge in [0.2, 0.25) is 17.8 Å². The van der Waals surface area contributed by atoms with E-state index in [0.29, 0.717) is 6.07 Å². The Balaban J connectivity index is 1.63. The highest BCUT2D eigenvalue weighted by molar-refractivity contribution is 6.31. The first kappa shape index (κ1) is 31.8. The lowest BCUT2D eigenvalue weighted by atomic mass is 9.91. The van der Waals surface area contributed by atoms with E-state index < -0.39 is 90.4 Å². The standard InChI is InChI=1S/C30H25ClF4N6O4/c31-22-4-2-1-3-21(22)25(26(43)38-18-5-8-30(34,35)9-6-18)40(20-12-16(32)11-17(33)13-20)27(44)23-14-24(42)28(45)41(23)29-37-10-7-19(15-36)39-29/h1-4,7,10-13,18,23-25,42H,5-6,8-9,14H2,(H,38,43). The number of nitrogens with one attached hydrogen (secondary N) is 1. The lowest BCUT2D eigenvalue weighted by Crippen LogP contribution is -2.53. The number of aromatic nitrogens is 2. The molecule has 2 heterocycles. The number of nitrogens with zero attached hydrogens (tertiary/aromatic N) is 5. The predicted octanol–water partition coefficient (Wildman–Crippen LogP) is 4.21. The van der Waals surface area contributed by atoms with E-state index in [2.05, 4.69) is 15.3 Å². The van der Waals surface area contributed by atoms with Crippen LogP contribution in [0.25, 0.3) is 0 Å². The van der Waals surface area contributed by atoms with Crippen molar-refractivity contribution in [2.45, 2.75) is 62.3 Å². The van der Waals surface area contributed by atoms with Gasteiger partial charge in [0, 0.05) is 48.2 Å². The molecule has 2 fully saturated rings. The number of hydrogen-bond acceptors (Lipinski definition) is 7. The molecule has 2 N–H and O–H groups in total. The summed E-state index contributed by atoms with van der Waals surface area (Å²) in [5.74, 6) is -8.45. The lowest BCUT2D eigenvalue weighted by Gasteiger charge is -2.36. The third-order valence-electron chi connectivity index (χ3n) is 7.67. The molecule has 3 unspecified atom stereocenters. The summed E-state index contributed by atoms with van der Waals surface area (Å²) in [5, 5.41) is 22.5. The Kier molecular flexibility index (Phi) is 9.03. The van der Waals surface area contributed by atoms with Crippen LogP contribution in [-0.2, 0) is 14.4 Å². The average Bonchev–Trinajstić information content (AvgIpc) is 3.30. The Morgan fingerprint density at radius 1 is 1.13 bits per heavy atom. The molecule has 1 aromatic heterocycles. The molecule has 1 aliphatic carbocycles. The molecule has 1 saturated heterocycles. The third-order valence-corrected chi connectivity index (χ3v) is 8.02. The van der Waals surface area contributed by atoms with Gasteiger partial charge in [0.1, 0.15) is 41.6 Å². The van der Waals surface area contributed by atoms with Crippen molar-refractivity contribution in [1.29, 1.82) is 5.26 Å². The van der Waals surface area contributed by atoms with E-state index in [1.165, 1.54) is 24.3 Å². The highest BCUT2D eigenvalue weighted by Crippen LogP contribution is 2.38. The second-order valence-electron chi connectivity index (χ2n) is 10.7. The largest absolute Gasteiger partial charge is 0.383 e. The van der Waals surface area contributed by atoms with Crippen molar-refractivity contribution >= 4 is 41.0 Å². The summed E-state index contributed by atoms with van der Waals surface area (Å²) in [6, 6.07) is 7.00. The third kappa shape index (κ3) is 6.74. The number of carbonyl (C=O) groups is 3. The number of halogens is 5. The number of anilines is 2. The zero-order valence-corrected chi connectivity index (χ0v) is 24.1. The average molecular weight is 645 g/mol. The van der Waals surface area contributed by atoms with E-state index >= 15 is 0 Å². The Hall–Kier alpha value is -4.61. The van der Waals surface area contributed by atoms with Crippen LogP contribution in [0.5, 0.6) is 0 Å². The van der Waals surface area contributed by atoms with Crippen LogP contribution < -0.4 is 15.1 Å². The number of amides is 3. The molecule has 10 nitrogen and oxygen atoms in total. The minimum atomic E-state index is -2.89. The summed E-state index contributed by atoms with van der Waals surface area (Å²) in [5.41, 5.74) is -0.570. The maximum atomic E-state index is 14.6. The molecule has 3 atom stereocenters. The molecule has 1 aliphatic heterocycles. The van der Waals surface area contributed by atoms with Crippen molar-refractivity contribution in [1.82, 2.24) is 15.3 Å². The van der Waals surface area contributed by atoms with Gasteiger partial charge >= 0.3 is 0 Å². The van der Waals surface area contributed by atoms with Gasteiger partial charge < -0.3 is 10.4 Å². The van der Waals surface area contributed by atoms with Crippen LogP contribution in [0, 0.1) is 23.0 Å².